The van der Waals surface area contributed by atoms with E-state index < -0.39 is 10.0 Å². The number of aromatic nitrogens is 2. The molecule has 1 aromatic heterocycles. The average molecular weight is 314 g/mol. The van der Waals surface area contributed by atoms with Crippen molar-refractivity contribution in [3.05, 3.63) is 12.0 Å². The molecule has 1 aromatic rings. The summed E-state index contributed by atoms with van der Waals surface area (Å²) in [5, 5.41) is 0.158. The number of imidazole rings is 1. The Bertz CT molecular complexity index is 533. The van der Waals surface area contributed by atoms with Crippen LogP contribution < -0.4 is 4.72 Å². The van der Waals surface area contributed by atoms with Gasteiger partial charge in [0.15, 0.2) is 5.03 Å². The maximum absolute atomic E-state index is 12.1. The number of H-pyrrole nitrogens is 1. The molecule has 1 aliphatic heterocycles. The molecular formula is C14H26N4O2S. The zero-order valence-corrected chi connectivity index (χ0v) is 13.7. The van der Waals surface area contributed by atoms with E-state index in [0.717, 1.165) is 32.0 Å². The van der Waals surface area contributed by atoms with Gasteiger partial charge in [0.2, 0.25) is 0 Å². The largest absolute Gasteiger partial charge is 0.332 e. The van der Waals surface area contributed by atoms with E-state index in [2.05, 4.69) is 26.5 Å². The van der Waals surface area contributed by atoms with Crippen LogP contribution in [0, 0.1) is 5.92 Å². The van der Waals surface area contributed by atoms with E-state index in [9.17, 15) is 8.42 Å². The molecule has 0 aromatic carbocycles. The van der Waals surface area contributed by atoms with Gasteiger partial charge in [-0.1, -0.05) is 13.8 Å². The molecule has 0 radical (unpaired) electrons. The number of piperidine rings is 1. The number of aryl methyl sites for hydroxylation is 1. The molecule has 2 N–H and O–H groups in total. The molecule has 0 bridgehead atoms. The molecule has 0 saturated carbocycles. The van der Waals surface area contributed by atoms with Crippen molar-refractivity contribution in [1.29, 1.82) is 0 Å². The number of hydrogen-bond donors (Lipinski definition) is 2. The first-order valence-electron chi connectivity index (χ1n) is 7.77. The molecule has 0 atom stereocenters. The summed E-state index contributed by atoms with van der Waals surface area (Å²) in [6.07, 6.45) is 5.41. The Morgan fingerprint density at radius 1 is 1.43 bits per heavy atom. The summed E-state index contributed by atoms with van der Waals surface area (Å²) >= 11 is 0. The van der Waals surface area contributed by atoms with Crippen LogP contribution in [0.1, 0.15) is 38.9 Å². The van der Waals surface area contributed by atoms with Crippen LogP contribution in [0.4, 0.5) is 0 Å². The van der Waals surface area contributed by atoms with E-state index in [1.165, 1.54) is 19.0 Å². The lowest BCUT2D eigenvalue weighted by molar-refractivity contribution is 0.191. The van der Waals surface area contributed by atoms with Crippen molar-refractivity contribution >= 4 is 10.0 Å². The molecule has 0 spiro atoms. The second-order valence-electron chi connectivity index (χ2n) is 5.82. The van der Waals surface area contributed by atoms with Crippen LogP contribution in [0.3, 0.4) is 0 Å². The molecule has 2 heterocycles. The molecule has 1 saturated heterocycles. The Balaban J connectivity index is 1.72. The highest BCUT2D eigenvalue weighted by atomic mass is 32.2. The standard InChI is InChI=1S/C14H26N4O2S/c1-3-13-15-11-14(17-13)21(19,20)16-7-4-8-18-9-5-12(2)6-10-18/h11-12,16H,3-10H2,1-2H3,(H,15,17). The maximum Gasteiger partial charge on any atom is 0.257 e. The predicted octanol–water partition coefficient (Wildman–Crippen LogP) is 1.37. The lowest BCUT2D eigenvalue weighted by Crippen LogP contribution is -2.35. The summed E-state index contributed by atoms with van der Waals surface area (Å²) < 4.78 is 26.8. The highest BCUT2D eigenvalue weighted by Crippen LogP contribution is 2.15. The van der Waals surface area contributed by atoms with E-state index in [1.54, 1.807) is 0 Å². The minimum atomic E-state index is -3.45. The van der Waals surface area contributed by atoms with Crippen molar-refractivity contribution in [2.45, 2.75) is 44.6 Å². The minimum absolute atomic E-state index is 0.158. The van der Waals surface area contributed by atoms with E-state index in [1.807, 2.05) is 6.92 Å². The highest BCUT2D eigenvalue weighted by Gasteiger charge is 2.17. The first-order valence-corrected chi connectivity index (χ1v) is 9.25. The van der Waals surface area contributed by atoms with Crippen molar-refractivity contribution in [3.63, 3.8) is 0 Å². The number of aromatic amines is 1. The van der Waals surface area contributed by atoms with Gasteiger partial charge in [-0.3, -0.25) is 0 Å². The molecular weight excluding hydrogens is 288 g/mol. The molecule has 0 unspecified atom stereocenters. The SMILES string of the molecule is CCc1ncc(S(=O)(=O)NCCCN2CCC(C)CC2)[nH]1. The average Bonchev–Trinajstić information content (AvgIpc) is 2.95. The highest BCUT2D eigenvalue weighted by molar-refractivity contribution is 7.89. The smallest absolute Gasteiger partial charge is 0.257 e. The predicted molar refractivity (Wildman–Crippen MR) is 82.6 cm³/mol. The van der Waals surface area contributed by atoms with E-state index in [-0.39, 0.29) is 5.03 Å². The molecule has 120 valence electrons. The summed E-state index contributed by atoms with van der Waals surface area (Å²) in [6, 6.07) is 0. The van der Waals surface area contributed by atoms with E-state index in [4.69, 9.17) is 0 Å². The molecule has 1 aliphatic rings. The van der Waals surface area contributed by atoms with Crippen LogP contribution in [0.2, 0.25) is 0 Å². The minimum Gasteiger partial charge on any atom is -0.332 e. The van der Waals surface area contributed by atoms with Crippen LogP contribution in [-0.2, 0) is 16.4 Å². The number of likely N-dealkylation sites (tertiary alicyclic amines) is 1. The first kappa shape index (κ1) is 16.5. The molecule has 6 nitrogen and oxygen atoms in total. The molecule has 1 fully saturated rings. The normalized spacial score (nSPS) is 18.2. The van der Waals surface area contributed by atoms with Gasteiger partial charge in [0.1, 0.15) is 5.82 Å². The van der Waals surface area contributed by atoms with Crippen molar-refractivity contribution in [2.24, 2.45) is 5.92 Å². The van der Waals surface area contributed by atoms with Crippen LogP contribution in [0.5, 0.6) is 0 Å². The van der Waals surface area contributed by atoms with Gasteiger partial charge in [0.05, 0.1) is 6.20 Å². The van der Waals surface area contributed by atoms with Gasteiger partial charge in [-0.05, 0) is 44.8 Å². The summed E-state index contributed by atoms with van der Waals surface area (Å²) in [7, 11) is -3.45. The van der Waals surface area contributed by atoms with Crippen molar-refractivity contribution in [2.75, 3.05) is 26.2 Å². The fraction of sp³-hybridized carbons (Fsp3) is 0.786. The van der Waals surface area contributed by atoms with Crippen molar-refractivity contribution < 1.29 is 8.42 Å². The number of rotatable bonds is 7. The Kier molecular flexibility index (Phi) is 5.78. The number of nitrogens with one attached hydrogen (secondary N) is 2. The Morgan fingerprint density at radius 2 is 2.14 bits per heavy atom. The van der Waals surface area contributed by atoms with E-state index >= 15 is 0 Å². The van der Waals surface area contributed by atoms with Gasteiger partial charge in [-0.25, -0.2) is 18.1 Å². The second kappa shape index (κ2) is 7.38. The van der Waals surface area contributed by atoms with Crippen LogP contribution in [0.25, 0.3) is 0 Å². The van der Waals surface area contributed by atoms with Crippen LogP contribution >= 0.6 is 0 Å². The monoisotopic (exact) mass is 314 g/mol. The van der Waals surface area contributed by atoms with Gasteiger partial charge >= 0.3 is 0 Å². The topological polar surface area (TPSA) is 78.1 Å². The lowest BCUT2D eigenvalue weighted by Gasteiger charge is -2.30. The van der Waals surface area contributed by atoms with E-state index in [0.29, 0.717) is 18.8 Å². The lowest BCUT2D eigenvalue weighted by atomic mass is 9.99. The van der Waals surface area contributed by atoms with Gasteiger partial charge < -0.3 is 9.88 Å². The van der Waals surface area contributed by atoms with Crippen LogP contribution in [-0.4, -0.2) is 49.5 Å². The maximum atomic E-state index is 12.1. The third-order valence-electron chi connectivity index (χ3n) is 4.05. The summed E-state index contributed by atoms with van der Waals surface area (Å²) in [6.45, 7) is 7.92. The number of sulfonamides is 1. The third-order valence-corrected chi connectivity index (χ3v) is 5.42. The molecule has 2 rings (SSSR count). The fourth-order valence-electron chi connectivity index (χ4n) is 2.53. The van der Waals surface area contributed by atoms with Gasteiger partial charge in [-0.15, -0.1) is 0 Å². The molecule has 7 heteroatoms. The van der Waals surface area contributed by atoms with Gasteiger partial charge in [-0.2, -0.15) is 0 Å². The third kappa shape index (κ3) is 4.79. The first-order chi connectivity index (χ1) is 10.0. The molecule has 0 aliphatic carbocycles. The Morgan fingerprint density at radius 3 is 2.76 bits per heavy atom. The molecule has 0 amide bonds. The quantitative estimate of drug-likeness (QED) is 0.745. The zero-order valence-electron chi connectivity index (χ0n) is 12.9. The zero-order chi connectivity index (χ0) is 15.3. The van der Waals surface area contributed by atoms with Gasteiger partial charge in [0, 0.05) is 13.0 Å². The molecule has 21 heavy (non-hydrogen) atoms. The summed E-state index contributed by atoms with van der Waals surface area (Å²) in [4.78, 5) is 9.27. The fourth-order valence-corrected chi connectivity index (χ4v) is 3.54. The van der Waals surface area contributed by atoms with Crippen molar-refractivity contribution in [3.8, 4) is 0 Å². The summed E-state index contributed by atoms with van der Waals surface area (Å²) in [5.41, 5.74) is 0. The number of nitrogens with zero attached hydrogens (tertiary/aromatic N) is 2. The second-order valence-corrected chi connectivity index (χ2v) is 7.56. The Labute approximate surface area is 127 Å². The number of hydrogen-bond acceptors (Lipinski definition) is 4. The van der Waals surface area contributed by atoms with Crippen molar-refractivity contribution in [1.82, 2.24) is 19.6 Å². The Hall–Kier alpha value is -0.920. The van der Waals surface area contributed by atoms with Crippen LogP contribution in [0.15, 0.2) is 11.2 Å². The van der Waals surface area contributed by atoms with Gasteiger partial charge in [0.25, 0.3) is 10.0 Å². The summed E-state index contributed by atoms with van der Waals surface area (Å²) in [5.74, 6) is 1.52.